The monoisotopic (exact) mass is 225 g/mol. The van der Waals surface area contributed by atoms with Gasteiger partial charge in [0.25, 0.3) is 0 Å². The molecule has 1 aromatic heterocycles. The fourth-order valence-corrected chi connectivity index (χ4v) is 1.46. The van der Waals surface area contributed by atoms with Gasteiger partial charge in [-0.1, -0.05) is 0 Å². The quantitative estimate of drug-likeness (QED) is 0.696. The highest BCUT2D eigenvalue weighted by molar-refractivity contribution is 5.79. The molecule has 0 aliphatic heterocycles. The van der Waals surface area contributed by atoms with Crippen molar-refractivity contribution in [1.82, 2.24) is 15.5 Å². The molecular weight excluding hydrogens is 206 g/mol. The molecule has 90 valence electrons. The Morgan fingerprint density at radius 3 is 2.56 bits per heavy atom. The third-order valence-electron chi connectivity index (χ3n) is 2.49. The van der Waals surface area contributed by atoms with Gasteiger partial charge in [0.2, 0.25) is 5.91 Å². The first-order chi connectivity index (χ1) is 7.35. The van der Waals surface area contributed by atoms with Gasteiger partial charge in [-0.05, 0) is 27.7 Å². The molecule has 0 unspecified atom stereocenters. The minimum Gasteiger partial charge on any atom is -0.394 e. The number of carbonyl (C=O) groups is 1. The minimum atomic E-state index is -0.581. The Bertz CT molecular complexity index is 363. The van der Waals surface area contributed by atoms with Crippen molar-refractivity contribution in [2.24, 2.45) is 0 Å². The van der Waals surface area contributed by atoms with Gasteiger partial charge in [0, 0.05) is 11.3 Å². The summed E-state index contributed by atoms with van der Waals surface area (Å²) in [4.78, 5) is 11.7. The van der Waals surface area contributed by atoms with Crippen LogP contribution in [0.15, 0.2) is 0 Å². The first-order valence-electron chi connectivity index (χ1n) is 5.28. The van der Waals surface area contributed by atoms with Crippen LogP contribution in [0.25, 0.3) is 0 Å². The van der Waals surface area contributed by atoms with E-state index < -0.39 is 5.54 Å². The van der Waals surface area contributed by atoms with Gasteiger partial charge >= 0.3 is 0 Å². The third kappa shape index (κ3) is 3.06. The predicted octanol–water partition coefficient (Wildman–Crippen LogP) is 0.456. The number of amides is 1. The molecule has 0 saturated heterocycles. The number of aromatic amines is 1. The van der Waals surface area contributed by atoms with Gasteiger partial charge in [0.15, 0.2) is 0 Å². The van der Waals surface area contributed by atoms with Crippen LogP contribution in [0.2, 0.25) is 0 Å². The van der Waals surface area contributed by atoms with E-state index in [0.29, 0.717) is 0 Å². The smallest absolute Gasteiger partial charge is 0.225 e. The molecule has 1 heterocycles. The molecule has 0 radical (unpaired) electrons. The number of hydrogen-bond donors (Lipinski definition) is 3. The first kappa shape index (κ1) is 12.7. The molecule has 0 saturated carbocycles. The van der Waals surface area contributed by atoms with Crippen LogP contribution in [-0.4, -0.2) is 33.4 Å². The molecule has 16 heavy (non-hydrogen) atoms. The van der Waals surface area contributed by atoms with E-state index >= 15 is 0 Å². The zero-order valence-corrected chi connectivity index (χ0v) is 10.2. The van der Waals surface area contributed by atoms with Gasteiger partial charge in [-0.3, -0.25) is 9.89 Å². The van der Waals surface area contributed by atoms with E-state index in [9.17, 15) is 4.79 Å². The molecule has 0 aromatic carbocycles. The number of hydrogen-bond acceptors (Lipinski definition) is 3. The number of aliphatic hydroxyl groups excluding tert-OH is 1. The lowest BCUT2D eigenvalue weighted by Gasteiger charge is -2.23. The van der Waals surface area contributed by atoms with Crippen LogP contribution in [0.5, 0.6) is 0 Å². The van der Waals surface area contributed by atoms with Crippen molar-refractivity contribution in [2.75, 3.05) is 6.61 Å². The number of nitrogens with one attached hydrogen (secondary N) is 2. The van der Waals surface area contributed by atoms with E-state index in [4.69, 9.17) is 5.11 Å². The van der Waals surface area contributed by atoms with E-state index in [-0.39, 0.29) is 18.9 Å². The average Bonchev–Trinajstić information content (AvgIpc) is 2.49. The van der Waals surface area contributed by atoms with Crippen LogP contribution in [0.1, 0.15) is 30.8 Å². The number of aliphatic hydroxyl groups is 1. The zero-order valence-electron chi connectivity index (χ0n) is 10.2. The Balaban J connectivity index is 2.66. The second-order valence-corrected chi connectivity index (χ2v) is 4.68. The highest BCUT2D eigenvalue weighted by atomic mass is 16.3. The summed E-state index contributed by atoms with van der Waals surface area (Å²) in [6.07, 6.45) is 0.289. The Kier molecular flexibility index (Phi) is 3.70. The molecule has 5 nitrogen and oxygen atoms in total. The molecule has 0 aliphatic rings. The maximum atomic E-state index is 11.7. The molecule has 1 rings (SSSR count). The Hall–Kier alpha value is -1.36. The SMILES string of the molecule is Cc1n[nH]c(C)c1CC(=O)NC(C)(C)CO. The molecule has 0 atom stereocenters. The Morgan fingerprint density at radius 1 is 1.50 bits per heavy atom. The van der Waals surface area contributed by atoms with Crippen LogP contribution >= 0.6 is 0 Å². The maximum absolute atomic E-state index is 11.7. The standard InChI is InChI=1S/C11H19N3O2/c1-7-9(8(2)14-13-7)5-10(16)12-11(3,4)6-15/h15H,5-6H2,1-4H3,(H,12,16)(H,13,14). The molecule has 1 aromatic rings. The second kappa shape index (κ2) is 4.65. The number of rotatable bonds is 4. The normalized spacial score (nSPS) is 11.6. The number of aryl methyl sites for hydroxylation is 2. The van der Waals surface area contributed by atoms with E-state index in [1.807, 2.05) is 13.8 Å². The summed E-state index contributed by atoms with van der Waals surface area (Å²) in [6, 6.07) is 0. The van der Waals surface area contributed by atoms with Gasteiger partial charge in [0.1, 0.15) is 0 Å². The fraction of sp³-hybridized carbons (Fsp3) is 0.636. The van der Waals surface area contributed by atoms with Crippen molar-refractivity contribution in [3.8, 4) is 0 Å². The average molecular weight is 225 g/mol. The lowest BCUT2D eigenvalue weighted by atomic mass is 10.1. The molecule has 0 bridgehead atoms. The maximum Gasteiger partial charge on any atom is 0.225 e. The highest BCUT2D eigenvalue weighted by Crippen LogP contribution is 2.10. The van der Waals surface area contributed by atoms with Crippen LogP contribution in [-0.2, 0) is 11.2 Å². The van der Waals surface area contributed by atoms with Crippen molar-refractivity contribution in [2.45, 2.75) is 39.7 Å². The third-order valence-corrected chi connectivity index (χ3v) is 2.49. The molecule has 0 aliphatic carbocycles. The summed E-state index contributed by atoms with van der Waals surface area (Å²) in [5.74, 6) is -0.105. The summed E-state index contributed by atoms with van der Waals surface area (Å²) in [6.45, 7) is 7.23. The lowest BCUT2D eigenvalue weighted by Crippen LogP contribution is -2.46. The molecule has 1 amide bonds. The summed E-state index contributed by atoms with van der Waals surface area (Å²) in [7, 11) is 0. The van der Waals surface area contributed by atoms with Crippen molar-refractivity contribution in [1.29, 1.82) is 0 Å². The van der Waals surface area contributed by atoms with E-state index in [1.165, 1.54) is 0 Å². The van der Waals surface area contributed by atoms with Gasteiger partial charge in [-0.2, -0.15) is 5.10 Å². The summed E-state index contributed by atoms with van der Waals surface area (Å²) in [5, 5.41) is 18.7. The number of carbonyl (C=O) groups excluding carboxylic acids is 1. The van der Waals surface area contributed by atoms with Crippen LogP contribution < -0.4 is 5.32 Å². The summed E-state index contributed by atoms with van der Waals surface area (Å²) in [5.41, 5.74) is 2.10. The largest absolute Gasteiger partial charge is 0.394 e. The van der Waals surface area contributed by atoms with Gasteiger partial charge in [-0.25, -0.2) is 0 Å². The summed E-state index contributed by atoms with van der Waals surface area (Å²) < 4.78 is 0. The lowest BCUT2D eigenvalue weighted by molar-refractivity contribution is -0.122. The Labute approximate surface area is 95.3 Å². The van der Waals surface area contributed by atoms with Crippen LogP contribution in [0.3, 0.4) is 0 Å². The van der Waals surface area contributed by atoms with Gasteiger partial charge < -0.3 is 10.4 Å². The van der Waals surface area contributed by atoms with Crippen LogP contribution in [0, 0.1) is 13.8 Å². The predicted molar refractivity (Wildman–Crippen MR) is 61.1 cm³/mol. The first-order valence-corrected chi connectivity index (χ1v) is 5.28. The fourth-order valence-electron chi connectivity index (χ4n) is 1.46. The van der Waals surface area contributed by atoms with Gasteiger partial charge in [-0.15, -0.1) is 0 Å². The highest BCUT2D eigenvalue weighted by Gasteiger charge is 2.20. The van der Waals surface area contributed by atoms with E-state index in [1.54, 1.807) is 13.8 Å². The number of H-pyrrole nitrogens is 1. The van der Waals surface area contributed by atoms with Crippen molar-refractivity contribution in [3.63, 3.8) is 0 Å². The van der Waals surface area contributed by atoms with Crippen molar-refractivity contribution < 1.29 is 9.90 Å². The van der Waals surface area contributed by atoms with Crippen molar-refractivity contribution in [3.05, 3.63) is 17.0 Å². The minimum absolute atomic E-state index is 0.0813. The number of aromatic nitrogens is 2. The molecule has 0 spiro atoms. The second-order valence-electron chi connectivity index (χ2n) is 4.68. The molecule has 3 N–H and O–H groups in total. The Morgan fingerprint density at radius 2 is 2.12 bits per heavy atom. The van der Waals surface area contributed by atoms with Gasteiger partial charge in [0.05, 0.1) is 24.3 Å². The topological polar surface area (TPSA) is 78.0 Å². The zero-order chi connectivity index (χ0) is 12.3. The van der Waals surface area contributed by atoms with E-state index in [2.05, 4.69) is 15.5 Å². The molecule has 0 fully saturated rings. The molecular formula is C11H19N3O2. The summed E-state index contributed by atoms with van der Waals surface area (Å²) >= 11 is 0. The molecule has 5 heteroatoms. The van der Waals surface area contributed by atoms with E-state index in [0.717, 1.165) is 17.0 Å². The van der Waals surface area contributed by atoms with Crippen LogP contribution in [0.4, 0.5) is 0 Å². The number of nitrogens with zero attached hydrogens (tertiary/aromatic N) is 1. The van der Waals surface area contributed by atoms with Crippen molar-refractivity contribution >= 4 is 5.91 Å².